The Labute approximate surface area is 172 Å². The van der Waals surface area contributed by atoms with Crippen LogP contribution in [0.3, 0.4) is 0 Å². The van der Waals surface area contributed by atoms with Gasteiger partial charge < -0.3 is 14.8 Å². The van der Waals surface area contributed by atoms with Crippen molar-refractivity contribution in [1.29, 1.82) is 0 Å². The summed E-state index contributed by atoms with van der Waals surface area (Å²) >= 11 is 0. The normalized spacial score (nSPS) is 30.1. The number of carbonyl (C=O) groups excluding carboxylic acids is 2. The molecule has 0 unspecified atom stereocenters. The smallest absolute Gasteiger partial charge is 0.326 e. The molecular formula is C22H31N3O4. The van der Waals surface area contributed by atoms with E-state index in [1.54, 1.807) is 14.2 Å². The van der Waals surface area contributed by atoms with E-state index < -0.39 is 5.54 Å². The van der Waals surface area contributed by atoms with E-state index in [1.807, 2.05) is 18.2 Å². The lowest BCUT2D eigenvalue weighted by Gasteiger charge is -2.37. The Bertz CT molecular complexity index is 798. The number of amides is 3. The lowest BCUT2D eigenvalue weighted by atomic mass is 9.73. The molecule has 3 amide bonds. The number of nitrogens with one attached hydrogen (secondary N) is 1. The number of hydrogen-bond acceptors (Lipinski definition) is 5. The van der Waals surface area contributed by atoms with Gasteiger partial charge in [0.15, 0.2) is 0 Å². The Morgan fingerprint density at radius 2 is 1.97 bits per heavy atom. The van der Waals surface area contributed by atoms with Crippen molar-refractivity contribution in [3.05, 3.63) is 23.8 Å². The number of benzene rings is 1. The zero-order valence-corrected chi connectivity index (χ0v) is 17.6. The number of likely N-dealkylation sites (tertiary alicyclic amines) is 1. The molecule has 2 heterocycles. The third-order valence-electron chi connectivity index (χ3n) is 6.99. The fourth-order valence-electron chi connectivity index (χ4n) is 5.25. The highest BCUT2D eigenvalue weighted by molar-refractivity contribution is 6.07. The molecule has 2 aliphatic heterocycles. The quantitative estimate of drug-likeness (QED) is 0.767. The predicted octanol–water partition coefficient (Wildman–Crippen LogP) is 3.30. The van der Waals surface area contributed by atoms with E-state index in [0.717, 1.165) is 62.1 Å². The summed E-state index contributed by atoms with van der Waals surface area (Å²) in [4.78, 5) is 29.7. The highest BCUT2D eigenvalue weighted by atomic mass is 16.5. The van der Waals surface area contributed by atoms with Crippen LogP contribution < -0.4 is 14.8 Å². The number of imide groups is 1. The molecular weight excluding hydrogens is 370 g/mol. The number of carbonyl (C=O) groups is 2. The first-order valence-electron chi connectivity index (χ1n) is 10.6. The van der Waals surface area contributed by atoms with Crippen LogP contribution in [0.15, 0.2) is 18.2 Å². The molecule has 3 fully saturated rings. The molecule has 1 aliphatic carbocycles. The van der Waals surface area contributed by atoms with E-state index in [1.165, 1.54) is 4.90 Å². The van der Waals surface area contributed by atoms with Crippen molar-refractivity contribution in [2.75, 3.05) is 27.4 Å². The third-order valence-corrected chi connectivity index (χ3v) is 6.99. The SMILES string of the molecule is COc1ccc([C@@H]2CCCN2CN2C(=O)N[C@@]3(CCCC[C@@H]3C)C2=O)c(OC)c1. The number of ether oxygens (including phenoxy) is 2. The molecule has 1 saturated carbocycles. The molecule has 3 aliphatic rings. The summed E-state index contributed by atoms with van der Waals surface area (Å²) in [6, 6.07) is 5.70. The molecule has 158 valence electrons. The average molecular weight is 402 g/mol. The molecule has 1 aromatic rings. The minimum absolute atomic E-state index is 0.0537. The van der Waals surface area contributed by atoms with E-state index in [-0.39, 0.29) is 23.9 Å². The number of methoxy groups -OCH3 is 2. The lowest BCUT2D eigenvalue weighted by molar-refractivity contribution is -0.135. The number of urea groups is 1. The first-order chi connectivity index (χ1) is 14.0. The molecule has 2 saturated heterocycles. The first kappa shape index (κ1) is 20.0. The summed E-state index contributed by atoms with van der Waals surface area (Å²) < 4.78 is 10.9. The van der Waals surface area contributed by atoms with Crippen molar-refractivity contribution in [3.63, 3.8) is 0 Å². The van der Waals surface area contributed by atoms with Crippen molar-refractivity contribution in [2.24, 2.45) is 5.92 Å². The average Bonchev–Trinajstić information content (AvgIpc) is 3.28. The van der Waals surface area contributed by atoms with E-state index in [2.05, 4.69) is 17.1 Å². The zero-order valence-electron chi connectivity index (χ0n) is 17.6. The van der Waals surface area contributed by atoms with Crippen LogP contribution in [0.4, 0.5) is 4.79 Å². The summed E-state index contributed by atoms with van der Waals surface area (Å²) in [5.41, 5.74) is 0.362. The topological polar surface area (TPSA) is 71.1 Å². The van der Waals surface area contributed by atoms with E-state index in [9.17, 15) is 9.59 Å². The van der Waals surface area contributed by atoms with Crippen molar-refractivity contribution in [1.82, 2.24) is 15.1 Å². The second-order valence-electron chi connectivity index (χ2n) is 8.50. The summed E-state index contributed by atoms with van der Waals surface area (Å²) in [6.07, 6.45) is 5.82. The lowest BCUT2D eigenvalue weighted by Crippen LogP contribution is -2.54. The van der Waals surface area contributed by atoms with Crippen LogP contribution in [-0.4, -0.2) is 54.7 Å². The highest BCUT2D eigenvalue weighted by Gasteiger charge is 2.55. The molecule has 0 aromatic heterocycles. The zero-order chi connectivity index (χ0) is 20.6. The van der Waals surface area contributed by atoms with Gasteiger partial charge in [-0.15, -0.1) is 0 Å². The predicted molar refractivity (Wildman–Crippen MR) is 109 cm³/mol. The van der Waals surface area contributed by atoms with Gasteiger partial charge in [-0.2, -0.15) is 0 Å². The van der Waals surface area contributed by atoms with Gasteiger partial charge >= 0.3 is 6.03 Å². The van der Waals surface area contributed by atoms with Crippen LogP contribution in [0, 0.1) is 5.92 Å². The maximum absolute atomic E-state index is 13.3. The molecule has 1 N–H and O–H groups in total. The molecule has 4 rings (SSSR count). The largest absolute Gasteiger partial charge is 0.497 e. The maximum atomic E-state index is 13.3. The van der Waals surface area contributed by atoms with Gasteiger partial charge in [-0.3, -0.25) is 9.69 Å². The Morgan fingerprint density at radius 1 is 1.14 bits per heavy atom. The molecule has 1 aromatic carbocycles. The van der Waals surface area contributed by atoms with E-state index in [0.29, 0.717) is 6.67 Å². The molecule has 0 bridgehead atoms. The molecule has 0 radical (unpaired) electrons. The first-order valence-corrected chi connectivity index (χ1v) is 10.6. The summed E-state index contributed by atoms with van der Waals surface area (Å²) in [5.74, 6) is 1.64. The maximum Gasteiger partial charge on any atom is 0.326 e. The van der Waals surface area contributed by atoms with Gasteiger partial charge in [-0.05, 0) is 37.7 Å². The summed E-state index contributed by atoms with van der Waals surface area (Å²) in [7, 11) is 3.29. The Balaban J connectivity index is 1.55. The second-order valence-corrected chi connectivity index (χ2v) is 8.50. The fourth-order valence-corrected chi connectivity index (χ4v) is 5.25. The van der Waals surface area contributed by atoms with Crippen LogP contribution in [0.5, 0.6) is 11.5 Å². The van der Waals surface area contributed by atoms with Gasteiger partial charge in [0, 0.05) is 24.2 Å². The second kappa shape index (κ2) is 7.86. The monoisotopic (exact) mass is 401 g/mol. The molecule has 7 heteroatoms. The summed E-state index contributed by atoms with van der Waals surface area (Å²) in [5, 5.41) is 3.05. The van der Waals surface area contributed by atoms with Gasteiger partial charge in [-0.25, -0.2) is 9.69 Å². The number of hydrogen-bond donors (Lipinski definition) is 1. The number of nitrogens with zero attached hydrogens (tertiary/aromatic N) is 2. The van der Waals surface area contributed by atoms with Crippen LogP contribution >= 0.6 is 0 Å². The Morgan fingerprint density at radius 3 is 2.69 bits per heavy atom. The Hall–Kier alpha value is -2.28. The van der Waals surface area contributed by atoms with Gasteiger partial charge in [0.2, 0.25) is 0 Å². The summed E-state index contributed by atoms with van der Waals surface area (Å²) in [6.45, 7) is 3.25. The standard InChI is InChI=1S/C22H31N3O4/c1-15-7-4-5-11-22(15)20(26)25(21(27)23-22)14-24-12-6-8-18(24)17-10-9-16(28-2)13-19(17)29-3/h9-10,13,15,18H,4-8,11-12,14H2,1-3H3,(H,23,27)/t15-,18-,22+/m0/s1. The van der Waals surface area contributed by atoms with Crippen molar-refractivity contribution < 1.29 is 19.1 Å². The van der Waals surface area contributed by atoms with Crippen LogP contribution in [0.25, 0.3) is 0 Å². The van der Waals surface area contributed by atoms with Gasteiger partial charge in [0.05, 0.1) is 20.9 Å². The van der Waals surface area contributed by atoms with Gasteiger partial charge in [0.25, 0.3) is 5.91 Å². The minimum Gasteiger partial charge on any atom is -0.497 e. The van der Waals surface area contributed by atoms with E-state index >= 15 is 0 Å². The highest BCUT2D eigenvalue weighted by Crippen LogP contribution is 2.41. The number of rotatable bonds is 5. The van der Waals surface area contributed by atoms with Crippen LogP contribution in [-0.2, 0) is 4.79 Å². The molecule has 29 heavy (non-hydrogen) atoms. The molecule has 1 spiro atoms. The molecule has 7 nitrogen and oxygen atoms in total. The molecule has 3 atom stereocenters. The fraction of sp³-hybridized carbons (Fsp3) is 0.636. The van der Waals surface area contributed by atoms with Crippen LogP contribution in [0.2, 0.25) is 0 Å². The third kappa shape index (κ3) is 3.35. The van der Waals surface area contributed by atoms with Crippen molar-refractivity contribution >= 4 is 11.9 Å². The van der Waals surface area contributed by atoms with Gasteiger partial charge in [-0.1, -0.05) is 25.8 Å². The van der Waals surface area contributed by atoms with Crippen molar-refractivity contribution in [2.45, 2.75) is 57.0 Å². The minimum atomic E-state index is -0.706. The van der Waals surface area contributed by atoms with Crippen LogP contribution in [0.1, 0.15) is 57.1 Å². The van der Waals surface area contributed by atoms with Gasteiger partial charge in [0.1, 0.15) is 17.0 Å². The van der Waals surface area contributed by atoms with E-state index in [4.69, 9.17) is 9.47 Å². The van der Waals surface area contributed by atoms with Crippen molar-refractivity contribution in [3.8, 4) is 11.5 Å². The Kier molecular flexibility index (Phi) is 5.42.